The van der Waals surface area contributed by atoms with Crippen LogP contribution < -0.4 is 0 Å². The Morgan fingerprint density at radius 3 is 2.80 bits per heavy atom. The Morgan fingerprint density at radius 2 is 2.20 bits per heavy atom. The van der Waals surface area contributed by atoms with Gasteiger partial charge in [-0.2, -0.15) is 4.31 Å². The molecule has 0 spiro atoms. The lowest BCUT2D eigenvalue weighted by molar-refractivity contribution is 0.0885. The van der Waals surface area contributed by atoms with Gasteiger partial charge in [0.25, 0.3) is 0 Å². The van der Waals surface area contributed by atoms with Crippen molar-refractivity contribution in [2.45, 2.75) is 30.8 Å². The summed E-state index contributed by atoms with van der Waals surface area (Å²) in [5.74, 6) is -0.0470. The van der Waals surface area contributed by atoms with Gasteiger partial charge in [-0.05, 0) is 31.7 Å². The number of aliphatic hydroxyl groups excluding tert-OH is 1. The summed E-state index contributed by atoms with van der Waals surface area (Å²) < 4.78 is 26.4. The highest BCUT2D eigenvalue weighted by molar-refractivity contribution is 7.89. The zero-order valence-corrected chi connectivity index (χ0v) is 13.3. The quantitative estimate of drug-likeness (QED) is 0.857. The molecule has 2 rings (SSSR count). The number of hydrogen-bond acceptors (Lipinski definition) is 4. The van der Waals surface area contributed by atoms with E-state index in [9.17, 15) is 13.5 Å². The number of aromatic nitrogens is 1. The van der Waals surface area contributed by atoms with E-state index in [2.05, 4.69) is 4.98 Å². The van der Waals surface area contributed by atoms with Gasteiger partial charge in [0, 0.05) is 19.3 Å². The van der Waals surface area contributed by atoms with Crippen molar-refractivity contribution < 1.29 is 13.5 Å². The number of aliphatic hydroxyl groups is 1. The van der Waals surface area contributed by atoms with E-state index < -0.39 is 16.1 Å². The van der Waals surface area contributed by atoms with Crippen molar-refractivity contribution in [3.8, 4) is 0 Å². The molecule has 0 radical (unpaired) electrons. The molecule has 1 aliphatic rings. The average Bonchev–Trinajstić information content (AvgIpc) is 2.42. The third-order valence-electron chi connectivity index (χ3n) is 3.51. The average molecular weight is 339 g/mol. The first-order valence-electron chi connectivity index (χ1n) is 6.31. The lowest BCUT2D eigenvalue weighted by atomic mass is 9.95. The summed E-state index contributed by atoms with van der Waals surface area (Å²) in [5.41, 5.74) is 0. The highest BCUT2D eigenvalue weighted by Gasteiger charge is 2.32. The van der Waals surface area contributed by atoms with Crippen LogP contribution in [0.3, 0.4) is 0 Å². The maximum Gasteiger partial charge on any atom is 0.244 e. The molecular formula is C12H16Cl2N2O3S. The predicted octanol–water partition coefficient (Wildman–Crippen LogP) is 2.17. The smallest absolute Gasteiger partial charge is 0.244 e. The van der Waals surface area contributed by atoms with Crippen molar-refractivity contribution >= 4 is 33.2 Å². The van der Waals surface area contributed by atoms with Crippen LogP contribution in [-0.2, 0) is 10.0 Å². The van der Waals surface area contributed by atoms with E-state index in [1.54, 1.807) is 6.92 Å². The first-order valence-corrected chi connectivity index (χ1v) is 8.51. The fraction of sp³-hybridized carbons (Fsp3) is 0.583. The zero-order chi connectivity index (χ0) is 14.9. The van der Waals surface area contributed by atoms with Gasteiger partial charge >= 0.3 is 0 Å². The van der Waals surface area contributed by atoms with E-state index >= 15 is 0 Å². The van der Waals surface area contributed by atoms with Crippen molar-refractivity contribution in [1.29, 1.82) is 0 Å². The van der Waals surface area contributed by atoms with E-state index in [0.717, 1.165) is 12.8 Å². The topological polar surface area (TPSA) is 70.5 Å². The molecule has 0 aromatic carbocycles. The molecule has 1 saturated heterocycles. The highest BCUT2D eigenvalue weighted by atomic mass is 35.5. The number of piperidine rings is 1. The second-order valence-corrected chi connectivity index (χ2v) is 7.65. The van der Waals surface area contributed by atoms with Crippen LogP contribution in [0.1, 0.15) is 19.8 Å². The number of sulfonamides is 1. The van der Waals surface area contributed by atoms with Gasteiger partial charge in [0.15, 0.2) is 0 Å². The summed E-state index contributed by atoms with van der Waals surface area (Å²) in [4.78, 5) is 3.80. The number of halogens is 2. The standard InChI is InChI=1S/C12H16Cl2N2O3S/c1-8(17)9-3-2-4-16(7-9)20(18,19)10-5-11(13)12(14)15-6-10/h5-6,8-9,17H,2-4,7H2,1H3. The van der Waals surface area contributed by atoms with Gasteiger partial charge < -0.3 is 5.11 Å². The van der Waals surface area contributed by atoms with Crippen LogP contribution in [0, 0.1) is 5.92 Å². The van der Waals surface area contributed by atoms with Gasteiger partial charge in [-0.3, -0.25) is 0 Å². The SMILES string of the molecule is CC(O)C1CCCN(S(=O)(=O)c2cnc(Cl)c(Cl)c2)C1. The summed E-state index contributed by atoms with van der Waals surface area (Å²) in [6, 6.07) is 1.30. The molecule has 20 heavy (non-hydrogen) atoms. The molecule has 0 aliphatic carbocycles. The zero-order valence-electron chi connectivity index (χ0n) is 11.0. The Morgan fingerprint density at radius 1 is 1.50 bits per heavy atom. The molecule has 5 nitrogen and oxygen atoms in total. The normalized spacial score (nSPS) is 22.7. The molecule has 1 aliphatic heterocycles. The minimum Gasteiger partial charge on any atom is -0.393 e. The first-order chi connectivity index (χ1) is 9.32. The van der Waals surface area contributed by atoms with Crippen molar-refractivity contribution in [2.24, 2.45) is 5.92 Å². The second kappa shape index (κ2) is 6.15. The van der Waals surface area contributed by atoms with Gasteiger partial charge in [-0.25, -0.2) is 13.4 Å². The van der Waals surface area contributed by atoms with Crippen LogP contribution in [0.5, 0.6) is 0 Å². The van der Waals surface area contributed by atoms with Crippen molar-refractivity contribution in [3.63, 3.8) is 0 Å². The lowest BCUT2D eigenvalue weighted by Gasteiger charge is -2.33. The Balaban J connectivity index is 2.27. The summed E-state index contributed by atoms with van der Waals surface area (Å²) in [7, 11) is -3.65. The number of hydrogen-bond donors (Lipinski definition) is 1. The molecule has 0 saturated carbocycles. The van der Waals surface area contributed by atoms with E-state index in [1.807, 2.05) is 0 Å². The van der Waals surface area contributed by atoms with Crippen molar-refractivity contribution in [3.05, 3.63) is 22.4 Å². The fourth-order valence-electron chi connectivity index (χ4n) is 2.28. The molecule has 1 N–H and O–H groups in total. The van der Waals surface area contributed by atoms with E-state index in [1.165, 1.54) is 16.6 Å². The minimum atomic E-state index is -3.65. The predicted molar refractivity (Wildman–Crippen MR) is 77.4 cm³/mol. The van der Waals surface area contributed by atoms with Crippen LogP contribution in [0.2, 0.25) is 10.2 Å². The summed E-state index contributed by atoms with van der Waals surface area (Å²) in [6.07, 6.45) is 2.22. The van der Waals surface area contributed by atoms with Crippen molar-refractivity contribution in [1.82, 2.24) is 9.29 Å². The molecular weight excluding hydrogens is 323 g/mol. The molecule has 0 bridgehead atoms. The van der Waals surface area contributed by atoms with Gasteiger partial charge in [0.1, 0.15) is 10.0 Å². The maximum absolute atomic E-state index is 12.5. The number of rotatable bonds is 3. The summed E-state index contributed by atoms with van der Waals surface area (Å²) in [5, 5.41) is 9.82. The molecule has 1 fully saturated rings. The fourth-order valence-corrected chi connectivity index (χ4v) is 4.12. The Kier molecular flexibility index (Phi) is 4.92. The largest absolute Gasteiger partial charge is 0.393 e. The minimum absolute atomic E-state index is 0.0261. The molecule has 1 aromatic rings. The van der Waals surface area contributed by atoms with Gasteiger partial charge in [-0.1, -0.05) is 23.2 Å². The molecule has 2 unspecified atom stereocenters. The molecule has 112 valence electrons. The number of nitrogens with zero attached hydrogens (tertiary/aromatic N) is 2. The summed E-state index contributed by atoms with van der Waals surface area (Å²) in [6.45, 7) is 2.42. The Labute approximate surface area is 128 Å². The van der Waals surface area contributed by atoms with Crippen LogP contribution in [0.25, 0.3) is 0 Å². The van der Waals surface area contributed by atoms with Crippen LogP contribution in [-0.4, -0.2) is 42.0 Å². The molecule has 0 amide bonds. The van der Waals surface area contributed by atoms with Gasteiger partial charge in [-0.15, -0.1) is 0 Å². The lowest BCUT2D eigenvalue weighted by Crippen LogP contribution is -2.42. The van der Waals surface area contributed by atoms with Crippen LogP contribution in [0.4, 0.5) is 0 Å². The monoisotopic (exact) mass is 338 g/mol. The molecule has 1 aromatic heterocycles. The van der Waals surface area contributed by atoms with Gasteiger partial charge in [0.05, 0.1) is 11.1 Å². The Hall–Kier alpha value is -0.400. The second-order valence-electron chi connectivity index (χ2n) is 4.95. The highest BCUT2D eigenvalue weighted by Crippen LogP contribution is 2.28. The van der Waals surface area contributed by atoms with Crippen LogP contribution >= 0.6 is 23.2 Å². The van der Waals surface area contributed by atoms with Crippen molar-refractivity contribution in [2.75, 3.05) is 13.1 Å². The van der Waals surface area contributed by atoms with E-state index in [4.69, 9.17) is 23.2 Å². The molecule has 2 heterocycles. The Bertz CT molecular complexity index is 592. The third-order valence-corrected chi connectivity index (χ3v) is 6.03. The third kappa shape index (κ3) is 3.26. The van der Waals surface area contributed by atoms with E-state index in [-0.39, 0.29) is 21.0 Å². The summed E-state index contributed by atoms with van der Waals surface area (Å²) >= 11 is 11.5. The van der Waals surface area contributed by atoms with E-state index in [0.29, 0.717) is 13.1 Å². The molecule has 2 atom stereocenters. The molecule has 8 heteroatoms. The van der Waals surface area contributed by atoms with Gasteiger partial charge in [0.2, 0.25) is 10.0 Å². The maximum atomic E-state index is 12.5. The first kappa shape index (κ1) is 16.0. The number of pyridine rings is 1. The van der Waals surface area contributed by atoms with Crippen LogP contribution in [0.15, 0.2) is 17.2 Å².